The maximum atomic E-state index is 12.4. The van der Waals surface area contributed by atoms with Crippen LogP contribution in [0.4, 0.5) is 0 Å². The Morgan fingerprint density at radius 1 is 1.29 bits per heavy atom. The van der Waals surface area contributed by atoms with E-state index in [1.54, 1.807) is 36.7 Å². The molecule has 1 aliphatic carbocycles. The molecular weight excluding hydrogens is 372 g/mol. The summed E-state index contributed by atoms with van der Waals surface area (Å²) in [5.74, 6) is 0.875. The summed E-state index contributed by atoms with van der Waals surface area (Å²) in [4.78, 5) is 13.6. The van der Waals surface area contributed by atoms with Crippen LogP contribution in [-0.4, -0.2) is 19.1 Å². The van der Waals surface area contributed by atoms with Crippen LogP contribution in [-0.2, 0) is 11.4 Å². The van der Waals surface area contributed by atoms with Crippen LogP contribution >= 0.6 is 11.3 Å². The topological polar surface area (TPSA) is 71.3 Å². The van der Waals surface area contributed by atoms with Gasteiger partial charge in [-0.15, -0.1) is 11.3 Å². The molecule has 2 aromatic rings. The molecule has 28 heavy (non-hydrogen) atoms. The highest BCUT2D eigenvalue weighted by molar-refractivity contribution is 7.09. The Morgan fingerprint density at radius 2 is 2.11 bits per heavy atom. The van der Waals surface area contributed by atoms with Crippen molar-refractivity contribution in [2.45, 2.75) is 44.8 Å². The number of thiophene rings is 1. The number of nitrogens with one attached hydrogen (secondary N) is 1. The number of amides is 1. The van der Waals surface area contributed by atoms with Crippen molar-refractivity contribution in [3.8, 4) is 17.6 Å². The molecule has 0 spiro atoms. The Kier molecular flexibility index (Phi) is 7.10. The molecule has 1 heterocycles. The molecule has 0 radical (unpaired) electrons. The third kappa shape index (κ3) is 5.37. The second kappa shape index (κ2) is 9.95. The van der Waals surface area contributed by atoms with Crippen molar-refractivity contribution in [3.05, 3.63) is 51.7 Å². The molecule has 1 saturated carbocycles. The molecule has 1 fully saturated rings. The maximum absolute atomic E-state index is 12.4. The largest absolute Gasteiger partial charge is 0.493 e. The number of methoxy groups -OCH3 is 1. The average Bonchev–Trinajstić information content (AvgIpc) is 3.25. The number of ether oxygens (including phenoxy) is 2. The fourth-order valence-electron chi connectivity index (χ4n) is 3.26. The van der Waals surface area contributed by atoms with Gasteiger partial charge in [0.1, 0.15) is 18.2 Å². The van der Waals surface area contributed by atoms with Gasteiger partial charge in [0, 0.05) is 10.9 Å². The molecule has 1 aliphatic rings. The quantitative estimate of drug-likeness (QED) is 0.544. The Balaban J connectivity index is 1.70. The van der Waals surface area contributed by atoms with Gasteiger partial charge < -0.3 is 14.8 Å². The molecule has 0 saturated heterocycles. The number of benzene rings is 1. The van der Waals surface area contributed by atoms with Gasteiger partial charge in [-0.2, -0.15) is 5.26 Å². The average molecular weight is 397 g/mol. The van der Waals surface area contributed by atoms with Gasteiger partial charge in [-0.25, -0.2) is 0 Å². The highest BCUT2D eigenvalue weighted by Crippen LogP contribution is 2.30. The third-order valence-electron chi connectivity index (χ3n) is 4.75. The first kappa shape index (κ1) is 20.0. The number of nitriles is 1. The number of hydrogen-bond donors (Lipinski definition) is 1. The Morgan fingerprint density at radius 3 is 2.79 bits per heavy atom. The van der Waals surface area contributed by atoms with Crippen LogP contribution < -0.4 is 14.8 Å². The van der Waals surface area contributed by atoms with Crippen molar-refractivity contribution in [1.29, 1.82) is 5.26 Å². The summed E-state index contributed by atoms with van der Waals surface area (Å²) in [5.41, 5.74) is 0.815. The Hall–Kier alpha value is -2.78. The van der Waals surface area contributed by atoms with Gasteiger partial charge in [-0.3, -0.25) is 4.79 Å². The predicted octanol–water partition coefficient (Wildman–Crippen LogP) is 4.69. The monoisotopic (exact) mass is 396 g/mol. The molecule has 3 rings (SSSR count). The Labute approximate surface area is 169 Å². The van der Waals surface area contributed by atoms with Crippen molar-refractivity contribution in [1.82, 2.24) is 5.32 Å². The van der Waals surface area contributed by atoms with Gasteiger partial charge >= 0.3 is 0 Å². The van der Waals surface area contributed by atoms with E-state index in [0.29, 0.717) is 18.1 Å². The van der Waals surface area contributed by atoms with E-state index in [0.717, 1.165) is 36.1 Å². The van der Waals surface area contributed by atoms with Gasteiger partial charge in [0.25, 0.3) is 5.91 Å². The fraction of sp³-hybridized carbons (Fsp3) is 0.364. The minimum atomic E-state index is -0.314. The number of carbonyl (C=O) groups excluding carboxylic acids is 1. The summed E-state index contributed by atoms with van der Waals surface area (Å²) < 4.78 is 11.2. The van der Waals surface area contributed by atoms with Crippen molar-refractivity contribution in [2.75, 3.05) is 7.11 Å². The number of carbonyl (C=O) groups is 1. The van der Waals surface area contributed by atoms with Crippen molar-refractivity contribution in [3.63, 3.8) is 0 Å². The maximum Gasteiger partial charge on any atom is 0.262 e. The van der Waals surface area contributed by atoms with Crippen molar-refractivity contribution in [2.24, 2.45) is 0 Å². The zero-order valence-electron chi connectivity index (χ0n) is 15.9. The third-order valence-corrected chi connectivity index (χ3v) is 5.60. The summed E-state index contributed by atoms with van der Waals surface area (Å²) in [6.07, 6.45) is 7.02. The second-order valence-corrected chi connectivity index (χ2v) is 7.79. The highest BCUT2D eigenvalue weighted by atomic mass is 32.1. The van der Waals surface area contributed by atoms with E-state index in [-0.39, 0.29) is 17.5 Å². The van der Waals surface area contributed by atoms with Crippen LogP contribution in [0.3, 0.4) is 0 Å². The SMILES string of the molecule is COc1cc(/C=C(\C#N)C(=O)NC2CCCCC2)ccc1OCc1cccs1. The highest BCUT2D eigenvalue weighted by Gasteiger charge is 2.18. The van der Waals surface area contributed by atoms with Gasteiger partial charge in [0.05, 0.1) is 7.11 Å². The van der Waals surface area contributed by atoms with E-state index in [1.165, 1.54) is 6.42 Å². The van der Waals surface area contributed by atoms with Gasteiger partial charge in [0.15, 0.2) is 11.5 Å². The summed E-state index contributed by atoms with van der Waals surface area (Å²) in [6.45, 7) is 0.469. The Bertz CT molecular complexity index is 862. The van der Waals surface area contributed by atoms with Crippen LogP contribution in [0.2, 0.25) is 0 Å². The molecule has 1 amide bonds. The number of nitrogens with zero attached hydrogens (tertiary/aromatic N) is 1. The molecule has 0 bridgehead atoms. The molecule has 1 aromatic carbocycles. The zero-order chi connectivity index (χ0) is 19.8. The smallest absolute Gasteiger partial charge is 0.262 e. The first-order valence-electron chi connectivity index (χ1n) is 9.45. The van der Waals surface area contributed by atoms with E-state index in [9.17, 15) is 10.1 Å². The molecular formula is C22H24N2O3S. The fourth-order valence-corrected chi connectivity index (χ4v) is 3.88. The molecule has 1 aromatic heterocycles. The molecule has 0 atom stereocenters. The van der Waals surface area contributed by atoms with Gasteiger partial charge in [0.2, 0.25) is 0 Å². The van der Waals surface area contributed by atoms with Gasteiger partial charge in [-0.1, -0.05) is 31.4 Å². The molecule has 6 heteroatoms. The van der Waals surface area contributed by atoms with Crippen molar-refractivity contribution < 1.29 is 14.3 Å². The van der Waals surface area contributed by atoms with E-state index in [1.807, 2.05) is 29.6 Å². The zero-order valence-corrected chi connectivity index (χ0v) is 16.8. The number of hydrogen-bond acceptors (Lipinski definition) is 5. The minimum Gasteiger partial charge on any atom is -0.493 e. The molecule has 0 unspecified atom stereocenters. The van der Waals surface area contributed by atoms with E-state index in [2.05, 4.69) is 5.32 Å². The predicted molar refractivity (Wildman–Crippen MR) is 110 cm³/mol. The summed E-state index contributed by atoms with van der Waals surface area (Å²) >= 11 is 1.63. The lowest BCUT2D eigenvalue weighted by Crippen LogP contribution is -2.36. The first-order valence-corrected chi connectivity index (χ1v) is 10.3. The van der Waals surface area contributed by atoms with Crippen LogP contribution in [0.15, 0.2) is 41.3 Å². The van der Waals surface area contributed by atoms with Crippen LogP contribution in [0.5, 0.6) is 11.5 Å². The minimum absolute atomic E-state index is 0.0971. The van der Waals surface area contributed by atoms with E-state index >= 15 is 0 Å². The first-order chi connectivity index (χ1) is 13.7. The summed E-state index contributed by atoms with van der Waals surface area (Å²) in [5, 5.41) is 14.4. The summed E-state index contributed by atoms with van der Waals surface area (Å²) in [6, 6.07) is 11.6. The van der Waals surface area contributed by atoms with E-state index in [4.69, 9.17) is 9.47 Å². The normalized spacial score (nSPS) is 14.9. The van der Waals surface area contributed by atoms with E-state index < -0.39 is 0 Å². The standard InChI is InChI=1S/C22H24N2O3S/c1-26-21-13-16(9-10-20(21)27-15-19-8-5-11-28-19)12-17(14-23)22(25)24-18-6-3-2-4-7-18/h5,8-13,18H,2-4,6-7,15H2,1H3,(H,24,25)/b17-12+. The summed E-state index contributed by atoms with van der Waals surface area (Å²) in [7, 11) is 1.57. The molecule has 0 aliphatic heterocycles. The molecule has 5 nitrogen and oxygen atoms in total. The van der Waals surface area contributed by atoms with Crippen LogP contribution in [0, 0.1) is 11.3 Å². The van der Waals surface area contributed by atoms with Crippen LogP contribution in [0.1, 0.15) is 42.5 Å². The lowest BCUT2D eigenvalue weighted by molar-refractivity contribution is -0.117. The van der Waals surface area contributed by atoms with Crippen molar-refractivity contribution >= 4 is 23.3 Å². The van der Waals surface area contributed by atoms with Gasteiger partial charge in [-0.05, 0) is 48.1 Å². The molecule has 146 valence electrons. The second-order valence-electron chi connectivity index (χ2n) is 6.76. The van der Waals surface area contributed by atoms with Crippen LogP contribution in [0.25, 0.3) is 6.08 Å². The lowest BCUT2D eigenvalue weighted by Gasteiger charge is -2.22. The number of rotatable bonds is 7. The lowest BCUT2D eigenvalue weighted by atomic mass is 9.95. The molecule has 1 N–H and O–H groups in total.